The highest BCUT2D eigenvalue weighted by Gasteiger charge is 2.29. The van der Waals surface area contributed by atoms with Gasteiger partial charge in [0.15, 0.2) is 0 Å². The van der Waals surface area contributed by atoms with Crippen LogP contribution in [-0.2, 0) is 20.7 Å². The second-order valence-corrected chi connectivity index (χ2v) is 6.86. The standard InChI is InChI=1S/C18H26N2O3/c1-18(2,3)23-16(21)9-11-20-12-10-19-15(17(20)22)13-14-7-5-4-6-8-14/h4-8,15,19H,9-13H2,1-3H3. The predicted octanol–water partition coefficient (Wildman–Crippen LogP) is 1.76. The molecule has 0 aliphatic carbocycles. The van der Waals surface area contributed by atoms with Gasteiger partial charge in [-0.05, 0) is 32.8 Å². The minimum atomic E-state index is -0.486. The maximum absolute atomic E-state index is 12.5. The van der Waals surface area contributed by atoms with Crippen LogP contribution >= 0.6 is 0 Å². The van der Waals surface area contributed by atoms with Crippen LogP contribution in [0.2, 0.25) is 0 Å². The molecule has 5 nitrogen and oxygen atoms in total. The third-order valence-electron chi connectivity index (χ3n) is 3.67. The van der Waals surface area contributed by atoms with Crippen molar-refractivity contribution in [3.63, 3.8) is 0 Å². The van der Waals surface area contributed by atoms with Crippen molar-refractivity contribution in [1.29, 1.82) is 0 Å². The molecule has 2 rings (SSSR count). The average Bonchev–Trinajstić information content (AvgIpc) is 2.47. The first-order valence-corrected chi connectivity index (χ1v) is 8.13. The molecule has 0 aromatic heterocycles. The van der Waals surface area contributed by atoms with Crippen LogP contribution in [0.15, 0.2) is 30.3 Å². The number of benzene rings is 1. The number of nitrogens with one attached hydrogen (secondary N) is 1. The van der Waals surface area contributed by atoms with Crippen LogP contribution in [0.25, 0.3) is 0 Å². The van der Waals surface area contributed by atoms with Crippen molar-refractivity contribution in [2.45, 2.75) is 45.3 Å². The highest BCUT2D eigenvalue weighted by molar-refractivity contribution is 5.83. The van der Waals surface area contributed by atoms with E-state index < -0.39 is 5.60 Å². The van der Waals surface area contributed by atoms with Crippen molar-refractivity contribution in [3.8, 4) is 0 Å². The molecule has 1 aromatic carbocycles. The van der Waals surface area contributed by atoms with Crippen LogP contribution in [0.3, 0.4) is 0 Å². The molecule has 0 radical (unpaired) electrons. The fraction of sp³-hybridized carbons (Fsp3) is 0.556. The lowest BCUT2D eigenvalue weighted by Gasteiger charge is -2.33. The summed E-state index contributed by atoms with van der Waals surface area (Å²) in [5.74, 6) is -0.202. The molecule has 1 unspecified atom stereocenters. The number of ether oxygens (including phenoxy) is 1. The summed E-state index contributed by atoms with van der Waals surface area (Å²) in [6, 6.07) is 9.74. The zero-order valence-electron chi connectivity index (χ0n) is 14.2. The second-order valence-electron chi connectivity index (χ2n) is 6.86. The normalized spacial score (nSPS) is 18.8. The Kier molecular flexibility index (Phi) is 5.77. The Morgan fingerprint density at radius 1 is 1.30 bits per heavy atom. The van der Waals surface area contributed by atoms with E-state index in [1.165, 1.54) is 0 Å². The van der Waals surface area contributed by atoms with Crippen molar-refractivity contribution in [3.05, 3.63) is 35.9 Å². The summed E-state index contributed by atoms with van der Waals surface area (Å²) in [6.07, 6.45) is 0.906. The fourth-order valence-corrected chi connectivity index (χ4v) is 2.64. The third-order valence-corrected chi connectivity index (χ3v) is 3.67. The van der Waals surface area contributed by atoms with Gasteiger partial charge in [-0.2, -0.15) is 0 Å². The number of piperazine rings is 1. The van der Waals surface area contributed by atoms with Crippen molar-refractivity contribution in [2.75, 3.05) is 19.6 Å². The number of esters is 1. The third kappa shape index (κ3) is 5.67. The van der Waals surface area contributed by atoms with Crippen LogP contribution in [0.5, 0.6) is 0 Å². The SMILES string of the molecule is CC(C)(C)OC(=O)CCN1CCNC(Cc2ccccc2)C1=O. The van der Waals surface area contributed by atoms with E-state index in [0.717, 1.165) is 12.1 Å². The molecule has 0 saturated carbocycles. The quantitative estimate of drug-likeness (QED) is 0.841. The summed E-state index contributed by atoms with van der Waals surface area (Å²) in [7, 11) is 0. The van der Waals surface area contributed by atoms with E-state index in [9.17, 15) is 9.59 Å². The number of carbonyl (C=O) groups is 2. The number of hydrogen-bond donors (Lipinski definition) is 1. The monoisotopic (exact) mass is 318 g/mol. The lowest BCUT2D eigenvalue weighted by molar-refractivity contribution is -0.155. The first-order chi connectivity index (χ1) is 10.8. The van der Waals surface area contributed by atoms with E-state index >= 15 is 0 Å². The zero-order valence-corrected chi connectivity index (χ0v) is 14.2. The molecule has 23 heavy (non-hydrogen) atoms. The molecule has 1 heterocycles. The van der Waals surface area contributed by atoms with E-state index in [0.29, 0.717) is 19.5 Å². The molecule has 0 bridgehead atoms. The van der Waals surface area contributed by atoms with Crippen molar-refractivity contribution >= 4 is 11.9 Å². The summed E-state index contributed by atoms with van der Waals surface area (Å²) in [4.78, 5) is 26.1. The second kappa shape index (κ2) is 7.59. The number of amides is 1. The summed E-state index contributed by atoms with van der Waals surface area (Å²) in [6.45, 7) is 7.33. The van der Waals surface area contributed by atoms with Crippen LogP contribution < -0.4 is 5.32 Å². The topological polar surface area (TPSA) is 58.6 Å². The molecular weight excluding hydrogens is 292 g/mol. The Labute approximate surface area is 138 Å². The molecule has 1 aliphatic heterocycles. The number of nitrogens with zero attached hydrogens (tertiary/aromatic N) is 1. The van der Waals surface area contributed by atoms with Crippen molar-refractivity contribution < 1.29 is 14.3 Å². The van der Waals surface area contributed by atoms with Gasteiger partial charge in [0, 0.05) is 19.6 Å². The molecule has 0 spiro atoms. The van der Waals surface area contributed by atoms with E-state index in [4.69, 9.17) is 4.74 Å². The molecule has 1 atom stereocenters. The van der Waals surface area contributed by atoms with Gasteiger partial charge in [0.2, 0.25) is 5.91 Å². The molecule has 126 valence electrons. The average molecular weight is 318 g/mol. The lowest BCUT2D eigenvalue weighted by Crippen LogP contribution is -2.56. The van der Waals surface area contributed by atoms with Crippen molar-refractivity contribution in [1.82, 2.24) is 10.2 Å². The molecule has 1 N–H and O–H groups in total. The minimum Gasteiger partial charge on any atom is -0.460 e. The molecule has 1 aromatic rings. The van der Waals surface area contributed by atoms with Crippen LogP contribution in [0.4, 0.5) is 0 Å². The van der Waals surface area contributed by atoms with Crippen molar-refractivity contribution in [2.24, 2.45) is 0 Å². The van der Waals surface area contributed by atoms with Gasteiger partial charge in [0.1, 0.15) is 5.60 Å². The summed E-state index contributed by atoms with van der Waals surface area (Å²) in [5.41, 5.74) is 0.646. The van der Waals surface area contributed by atoms with Gasteiger partial charge in [0.25, 0.3) is 0 Å². The fourth-order valence-electron chi connectivity index (χ4n) is 2.64. The van der Waals surface area contributed by atoms with Gasteiger partial charge >= 0.3 is 5.97 Å². The molecule has 1 saturated heterocycles. The largest absolute Gasteiger partial charge is 0.460 e. The first-order valence-electron chi connectivity index (χ1n) is 8.13. The van der Waals surface area contributed by atoms with Gasteiger partial charge in [0.05, 0.1) is 12.5 Å². The Balaban J connectivity index is 1.86. The van der Waals surface area contributed by atoms with E-state index in [-0.39, 0.29) is 24.3 Å². The zero-order chi connectivity index (χ0) is 16.9. The van der Waals surface area contributed by atoms with Gasteiger partial charge in [-0.1, -0.05) is 30.3 Å². The Morgan fingerprint density at radius 2 is 2.00 bits per heavy atom. The molecule has 5 heteroatoms. The minimum absolute atomic E-state index is 0.0589. The Hall–Kier alpha value is -1.88. The molecular formula is C18H26N2O3. The smallest absolute Gasteiger partial charge is 0.308 e. The first kappa shape index (κ1) is 17.5. The Bertz CT molecular complexity index is 537. The number of rotatable bonds is 5. The van der Waals surface area contributed by atoms with Gasteiger partial charge in [-0.15, -0.1) is 0 Å². The maximum atomic E-state index is 12.5. The van der Waals surface area contributed by atoms with E-state index in [2.05, 4.69) is 5.32 Å². The Morgan fingerprint density at radius 3 is 2.65 bits per heavy atom. The molecule has 1 fully saturated rings. The maximum Gasteiger partial charge on any atom is 0.308 e. The number of hydrogen-bond acceptors (Lipinski definition) is 4. The summed E-state index contributed by atoms with van der Waals surface area (Å²) in [5, 5.41) is 3.27. The van der Waals surface area contributed by atoms with Gasteiger partial charge in [-0.3, -0.25) is 9.59 Å². The summed E-state index contributed by atoms with van der Waals surface area (Å²) < 4.78 is 5.29. The van der Waals surface area contributed by atoms with E-state index in [1.807, 2.05) is 51.1 Å². The molecule has 1 amide bonds. The highest BCUT2D eigenvalue weighted by Crippen LogP contribution is 2.11. The molecule has 1 aliphatic rings. The van der Waals surface area contributed by atoms with Crippen LogP contribution in [0.1, 0.15) is 32.8 Å². The van der Waals surface area contributed by atoms with Gasteiger partial charge in [-0.25, -0.2) is 0 Å². The summed E-state index contributed by atoms with van der Waals surface area (Å²) >= 11 is 0. The van der Waals surface area contributed by atoms with E-state index in [1.54, 1.807) is 4.90 Å². The van der Waals surface area contributed by atoms with Crippen LogP contribution in [-0.4, -0.2) is 48.1 Å². The lowest BCUT2D eigenvalue weighted by atomic mass is 10.0. The van der Waals surface area contributed by atoms with Crippen LogP contribution in [0, 0.1) is 0 Å². The highest BCUT2D eigenvalue weighted by atomic mass is 16.6. The van der Waals surface area contributed by atoms with Gasteiger partial charge < -0.3 is 15.0 Å². The predicted molar refractivity (Wildman–Crippen MR) is 89.0 cm³/mol. The number of carbonyl (C=O) groups excluding carboxylic acids is 2.